The fourth-order valence-electron chi connectivity index (χ4n) is 3.50. The van der Waals surface area contributed by atoms with Gasteiger partial charge in [0.15, 0.2) is 0 Å². The molecule has 2 saturated heterocycles. The highest BCUT2D eigenvalue weighted by atomic mass is 16.5. The summed E-state index contributed by atoms with van der Waals surface area (Å²) >= 11 is 0. The van der Waals surface area contributed by atoms with Crippen LogP contribution < -0.4 is 5.32 Å². The van der Waals surface area contributed by atoms with Crippen molar-refractivity contribution >= 4 is 0 Å². The Hall–Kier alpha value is -0.160. The van der Waals surface area contributed by atoms with Gasteiger partial charge in [0.2, 0.25) is 0 Å². The van der Waals surface area contributed by atoms with Crippen molar-refractivity contribution in [2.75, 3.05) is 39.4 Å². The molecule has 0 aromatic carbocycles. The van der Waals surface area contributed by atoms with Crippen molar-refractivity contribution in [1.29, 1.82) is 0 Å². The van der Waals surface area contributed by atoms with Crippen molar-refractivity contribution in [3.63, 3.8) is 0 Å². The van der Waals surface area contributed by atoms with Crippen LogP contribution in [0, 0.1) is 5.41 Å². The summed E-state index contributed by atoms with van der Waals surface area (Å²) in [6, 6.07) is 0.553. The van der Waals surface area contributed by atoms with Crippen molar-refractivity contribution in [2.45, 2.75) is 58.8 Å². The first kappa shape index (κ1) is 16.2. The minimum Gasteiger partial charge on any atom is -0.381 e. The molecule has 2 heterocycles. The summed E-state index contributed by atoms with van der Waals surface area (Å²) < 4.78 is 11.4. The lowest BCUT2D eigenvalue weighted by molar-refractivity contribution is -0.0877. The molecule has 2 aliphatic heterocycles. The zero-order valence-electron chi connectivity index (χ0n) is 13.7. The van der Waals surface area contributed by atoms with Crippen LogP contribution in [0.3, 0.4) is 0 Å². The third-order valence-corrected chi connectivity index (χ3v) is 4.49. The zero-order chi connectivity index (χ0) is 14.6. The van der Waals surface area contributed by atoms with Crippen LogP contribution in [0.4, 0.5) is 0 Å². The molecule has 0 aliphatic carbocycles. The Morgan fingerprint density at radius 1 is 1.15 bits per heavy atom. The van der Waals surface area contributed by atoms with Gasteiger partial charge in [0.1, 0.15) is 0 Å². The summed E-state index contributed by atoms with van der Waals surface area (Å²) in [6.45, 7) is 15.1. The van der Waals surface area contributed by atoms with Gasteiger partial charge in [-0.05, 0) is 32.1 Å². The van der Waals surface area contributed by atoms with E-state index in [-0.39, 0.29) is 0 Å². The van der Waals surface area contributed by atoms with E-state index in [2.05, 4.69) is 37.9 Å². The zero-order valence-corrected chi connectivity index (χ0v) is 13.7. The van der Waals surface area contributed by atoms with Crippen molar-refractivity contribution < 1.29 is 9.47 Å². The maximum Gasteiger partial charge on any atom is 0.0678 e. The van der Waals surface area contributed by atoms with E-state index in [1.54, 1.807) is 0 Å². The van der Waals surface area contributed by atoms with E-state index in [9.17, 15) is 0 Å². The maximum absolute atomic E-state index is 5.85. The molecular weight excluding hydrogens is 252 g/mol. The normalized spacial score (nSPS) is 31.6. The second kappa shape index (κ2) is 7.21. The predicted octanol–water partition coefficient (Wildman–Crippen LogP) is 1.89. The van der Waals surface area contributed by atoms with Crippen LogP contribution in [-0.2, 0) is 9.47 Å². The lowest BCUT2D eigenvalue weighted by Gasteiger charge is -2.44. The summed E-state index contributed by atoms with van der Waals surface area (Å²) in [5.74, 6) is 0. The van der Waals surface area contributed by atoms with Crippen LogP contribution >= 0.6 is 0 Å². The summed E-state index contributed by atoms with van der Waals surface area (Å²) in [5.41, 5.74) is 0.374. The van der Waals surface area contributed by atoms with Gasteiger partial charge in [-0.15, -0.1) is 0 Å². The van der Waals surface area contributed by atoms with Crippen LogP contribution in [0.15, 0.2) is 0 Å². The molecule has 4 heteroatoms. The van der Waals surface area contributed by atoms with Gasteiger partial charge in [0.05, 0.1) is 12.2 Å². The van der Waals surface area contributed by atoms with Crippen LogP contribution in [0.2, 0.25) is 0 Å². The molecule has 2 fully saturated rings. The molecule has 0 bridgehead atoms. The molecule has 20 heavy (non-hydrogen) atoms. The van der Waals surface area contributed by atoms with Gasteiger partial charge >= 0.3 is 0 Å². The lowest BCUT2D eigenvalue weighted by atomic mass is 9.79. The predicted molar refractivity (Wildman–Crippen MR) is 82.1 cm³/mol. The topological polar surface area (TPSA) is 33.7 Å². The van der Waals surface area contributed by atoms with Crippen LogP contribution in [0.1, 0.15) is 40.5 Å². The maximum atomic E-state index is 5.85. The molecule has 0 radical (unpaired) electrons. The first-order chi connectivity index (χ1) is 9.49. The number of nitrogens with one attached hydrogen (secondary N) is 1. The van der Waals surface area contributed by atoms with Gasteiger partial charge in [0, 0.05) is 45.4 Å². The smallest absolute Gasteiger partial charge is 0.0678 e. The minimum absolute atomic E-state index is 0.355. The average molecular weight is 284 g/mol. The molecule has 118 valence electrons. The number of hydrogen-bond donors (Lipinski definition) is 1. The van der Waals surface area contributed by atoms with E-state index in [0.29, 0.717) is 23.7 Å². The minimum atomic E-state index is 0.355. The molecule has 2 atom stereocenters. The summed E-state index contributed by atoms with van der Waals surface area (Å²) in [4.78, 5) is 2.60. The van der Waals surface area contributed by atoms with Crippen molar-refractivity contribution in [1.82, 2.24) is 10.2 Å². The van der Waals surface area contributed by atoms with Gasteiger partial charge in [-0.1, -0.05) is 13.8 Å². The third kappa shape index (κ3) is 4.69. The standard InChI is InChI=1S/C16H32N2O2/c1-13(2)17-11-16(5-7-19-8-6-16)12-18-9-14(3)20-15(4)10-18/h13-15,17H,5-12H2,1-4H3/t14-,15+. The van der Waals surface area contributed by atoms with Gasteiger partial charge in [-0.25, -0.2) is 0 Å². The average Bonchev–Trinajstić information content (AvgIpc) is 2.36. The van der Waals surface area contributed by atoms with Crippen molar-refractivity contribution in [3.8, 4) is 0 Å². The van der Waals surface area contributed by atoms with Gasteiger partial charge in [-0.2, -0.15) is 0 Å². The molecule has 2 rings (SSSR count). The number of ether oxygens (including phenoxy) is 2. The van der Waals surface area contributed by atoms with Crippen molar-refractivity contribution in [3.05, 3.63) is 0 Å². The number of nitrogens with zero attached hydrogens (tertiary/aromatic N) is 1. The Morgan fingerprint density at radius 2 is 1.75 bits per heavy atom. The molecule has 0 saturated carbocycles. The molecule has 2 aliphatic rings. The molecule has 0 aromatic heterocycles. The van der Waals surface area contributed by atoms with Crippen LogP contribution in [-0.4, -0.2) is 62.5 Å². The Bertz CT molecular complexity index is 280. The molecule has 0 amide bonds. The Morgan fingerprint density at radius 3 is 2.30 bits per heavy atom. The third-order valence-electron chi connectivity index (χ3n) is 4.49. The van der Waals surface area contributed by atoms with E-state index in [0.717, 1.165) is 32.8 Å². The van der Waals surface area contributed by atoms with Crippen LogP contribution in [0.25, 0.3) is 0 Å². The number of rotatable bonds is 5. The van der Waals surface area contributed by atoms with E-state index in [1.807, 2.05) is 0 Å². The van der Waals surface area contributed by atoms with Crippen LogP contribution in [0.5, 0.6) is 0 Å². The second-order valence-electron chi connectivity index (χ2n) is 7.10. The SMILES string of the molecule is CC(C)NCC1(CN2C[C@@H](C)O[C@@H](C)C2)CCOCC1. The summed E-state index contributed by atoms with van der Waals surface area (Å²) in [7, 11) is 0. The van der Waals surface area contributed by atoms with E-state index in [1.165, 1.54) is 19.4 Å². The Labute approximate surface area is 124 Å². The monoisotopic (exact) mass is 284 g/mol. The molecule has 1 N–H and O–H groups in total. The van der Waals surface area contributed by atoms with Crippen molar-refractivity contribution in [2.24, 2.45) is 5.41 Å². The Kier molecular flexibility index (Phi) is 5.84. The highest BCUT2D eigenvalue weighted by Gasteiger charge is 2.36. The van der Waals surface area contributed by atoms with E-state index >= 15 is 0 Å². The van der Waals surface area contributed by atoms with Gasteiger partial charge in [-0.3, -0.25) is 4.90 Å². The van der Waals surface area contributed by atoms with E-state index < -0.39 is 0 Å². The lowest BCUT2D eigenvalue weighted by Crippen LogP contribution is -2.53. The first-order valence-electron chi connectivity index (χ1n) is 8.18. The molecule has 4 nitrogen and oxygen atoms in total. The fourth-order valence-corrected chi connectivity index (χ4v) is 3.50. The van der Waals surface area contributed by atoms with Gasteiger partial charge < -0.3 is 14.8 Å². The molecule has 0 spiro atoms. The fraction of sp³-hybridized carbons (Fsp3) is 1.00. The first-order valence-corrected chi connectivity index (χ1v) is 8.18. The number of hydrogen-bond acceptors (Lipinski definition) is 4. The molecule has 0 aromatic rings. The van der Waals surface area contributed by atoms with E-state index in [4.69, 9.17) is 9.47 Å². The van der Waals surface area contributed by atoms with Gasteiger partial charge in [0.25, 0.3) is 0 Å². The highest BCUT2D eigenvalue weighted by Crippen LogP contribution is 2.32. The molecule has 0 unspecified atom stereocenters. The Balaban J connectivity index is 1.95. The largest absolute Gasteiger partial charge is 0.381 e. The number of morpholine rings is 1. The quantitative estimate of drug-likeness (QED) is 0.836. The summed E-state index contributed by atoms with van der Waals surface area (Å²) in [5, 5.41) is 3.65. The highest BCUT2D eigenvalue weighted by molar-refractivity contribution is 4.89. The molecular formula is C16H32N2O2. The second-order valence-corrected chi connectivity index (χ2v) is 7.10. The summed E-state index contributed by atoms with van der Waals surface area (Å²) in [6.07, 6.45) is 3.06.